The fourth-order valence-corrected chi connectivity index (χ4v) is 3.53. The van der Waals surface area contributed by atoms with Gasteiger partial charge in [-0.05, 0) is 31.5 Å². The Kier molecular flexibility index (Phi) is 6.71. The Hall–Kier alpha value is -2.80. The maximum Gasteiger partial charge on any atom is 0.230 e. The van der Waals surface area contributed by atoms with Crippen molar-refractivity contribution >= 4 is 17.7 Å². The number of carbonyl (C=O) groups is 1. The molecule has 0 aliphatic rings. The first-order valence-electron chi connectivity index (χ1n) is 9.12. The maximum atomic E-state index is 12.3. The van der Waals surface area contributed by atoms with Gasteiger partial charge in [0.15, 0.2) is 17.1 Å². The number of amides is 1. The van der Waals surface area contributed by atoms with Gasteiger partial charge in [0.1, 0.15) is 5.75 Å². The number of hydrogen-bond donors (Lipinski definition) is 1. The van der Waals surface area contributed by atoms with Crippen LogP contribution in [-0.4, -0.2) is 26.4 Å². The zero-order chi connectivity index (χ0) is 19.9. The molecular weight excluding hydrogens is 372 g/mol. The molecule has 2 atom stereocenters. The van der Waals surface area contributed by atoms with Gasteiger partial charge in [0, 0.05) is 7.05 Å². The average molecular weight is 397 g/mol. The molecular formula is C21H24N4O2S. The minimum absolute atomic E-state index is 0.0383. The lowest BCUT2D eigenvalue weighted by Crippen LogP contribution is -2.28. The monoisotopic (exact) mass is 396 g/mol. The third-order valence-electron chi connectivity index (χ3n) is 4.30. The van der Waals surface area contributed by atoms with Crippen LogP contribution < -0.4 is 10.1 Å². The van der Waals surface area contributed by atoms with Crippen molar-refractivity contribution in [1.82, 2.24) is 20.1 Å². The van der Waals surface area contributed by atoms with E-state index >= 15 is 0 Å². The van der Waals surface area contributed by atoms with Crippen LogP contribution in [0.15, 0.2) is 65.8 Å². The lowest BCUT2D eigenvalue weighted by atomic mass is 10.1. The standard InChI is InChI=1S/C21H24N4O2S/c1-15(17-10-6-4-7-11-17)22-19(26)14-28-21-24-23-20(25(21)3)16(2)27-18-12-8-5-9-13-18/h4-13,15-16H,14H2,1-3H3,(H,22,26)/t15-,16-/m1/s1. The van der Waals surface area contributed by atoms with Crippen molar-refractivity contribution in [3.63, 3.8) is 0 Å². The van der Waals surface area contributed by atoms with Crippen molar-refractivity contribution in [2.24, 2.45) is 7.05 Å². The van der Waals surface area contributed by atoms with Crippen molar-refractivity contribution in [1.29, 1.82) is 0 Å². The summed E-state index contributed by atoms with van der Waals surface area (Å²) in [5, 5.41) is 12.1. The van der Waals surface area contributed by atoms with Crippen LogP contribution in [0.4, 0.5) is 0 Å². The number of nitrogens with one attached hydrogen (secondary N) is 1. The summed E-state index contributed by atoms with van der Waals surface area (Å²) >= 11 is 1.36. The Bertz CT molecular complexity index is 899. The van der Waals surface area contributed by atoms with Crippen LogP contribution in [0.3, 0.4) is 0 Å². The van der Waals surface area contributed by atoms with Crippen molar-refractivity contribution in [3.05, 3.63) is 72.1 Å². The van der Waals surface area contributed by atoms with Crippen molar-refractivity contribution in [2.45, 2.75) is 31.1 Å². The molecule has 7 heteroatoms. The fourth-order valence-electron chi connectivity index (χ4n) is 2.80. The normalized spacial score (nSPS) is 13.0. The third-order valence-corrected chi connectivity index (χ3v) is 5.32. The molecule has 146 valence electrons. The summed E-state index contributed by atoms with van der Waals surface area (Å²) in [6.45, 7) is 3.90. The Labute approximate surface area is 169 Å². The molecule has 3 aromatic rings. The molecule has 3 rings (SSSR count). The van der Waals surface area contributed by atoms with E-state index in [4.69, 9.17) is 4.74 Å². The van der Waals surface area contributed by atoms with E-state index < -0.39 is 0 Å². The highest BCUT2D eigenvalue weighted by molar-refractivity contribution is 7.99. The first kappa shape index (κ1) is 19.9. The lowest BCUT2D eigenvalue weighted by Gasteiger charge is -2.15. The van der Waals surface area contributed by atoms with Gasteiger partial charge < -0.3 is 14.6 Å². The summed E-state index contributed by atoms with van der Waals surface area (Å²) in [5.74, 6) is 1.72. The number of ether oxygens (including phenoxy) is 1. The molecule has 28 heavy (non-hydrogen) atoms. The minimum Gasteiger partial charge on any atom is -0.483 e. The molecule has 0 bridgehead atoms. The minimum atomic E-state index is -0.249. The number of para-hydroxylation sites is 1. The van der Waals surface area contributed by atoms with E-state index in [1.807, 2.05) is 86.1 Å². The van der Waals surface area contributed by atoms with Crippen molar-refractivity contribution in [2.75, 3.05) is 5.75 Å². The molecule has 1 aromatic heterocycles. The van der Waals surface area contributed by atoms with Gasteiger partial charge in [-0.25, -0.2) is 0 Å². The van der Waals surface area contributed by atoms with E-state index in [1.54, 1.807) is 0 Å². The average Bonchev–Trinajstić information content (AvgIpc) is 3.08. The highest BCUT2D eigenvalue weighted by Gasteiger charge is 2.18. The molecule has 0 aliphatic heterocycles. The number of benzene rings is 2. The molecule has 0 unspecified atom stereocenters. The molecule has 0 saturated carbocycles. The van der Waals surface area contributed by atoms with Crippen molar-refractivity contribution in [3.8, 4) is 5.75 Å². The topological polar surface area (TPSA) is 69.0 Å². The van der Waals surface area contributed by atoms with E-state index in [9.17, 15) is 4.79 Å². The summed E-state index contributed by atoms with van der Waals surface area (Å²) in [5.41, 5.74) is 1.08. The summed E-state index contributed by atoms with van der Waals surface area (Å²) in [6.07, 6.45) is -0.249. The summed E-state index contributed by atoms with van der Waals surface area (Å²) in [7, 11) is 1.88. The Morgan fingerprint density at radius 2 is 1.71 bits per heavy atom. The largest absolute Gasteiger partial charge is 0.483 e. The first-order chi connectivity index (χ1) is 13.5. The first-order valence-corrected chi connectivity index (χ1v) is 10.1. The van der Waals surface area contributed by atoms with Gasteiger partial charge in [0.2, 0.25) is 5.91 Å². The quantitative estimate of drug-likeness (QED) is 0.585. The number of aromatic nitrogens is 3. The van der Waals surface area contributed by atoms with E-state index in [2.05, 4.69) is 15.5 Å². The van der Waals surface area contributed by atoms with Crippen LogP contribution in [0.2, 0.25) is 0 Å². The van der Waals surface area contributed by atoms with E-state index in [-0.39, 0.29) is 23.8 Å². The van der Waals surface area contributed by atoms with Gasteiger partial charge in [-0.1, -0.05) is 60.3 Å². The molecule has 0 radical (unpaired) electrons. The summed E-state index contributed by atoms with van der Waals surface area (Å²) in [4.78, 5) is 12.3. The summed E-state index contributed by atoms with van der Waals surface area (Å²) in [6, 6.07) is 19.5. The lowest BCUT2D eigenvalue weighted by molar-refractivity contribution is -0.119. The molecule has 0 fully saturated rings. The SMILES string of the molecule is C[C@@H](NC(=O)CSc1nnc([C@@H](C)Oc2ccccc2)n1C)c1ccccc1. The van der Waals surface area contributed by atoms with Gasteiger partial charge >= 0.3 is 0 Å². The Morgan fingerprint density at radius 1 is 1.07 bits per heavy atom. The predicted molar refractivity (Wildman–Crippen MR) is 110 cm³/mol. The predicted octanol–water partition coefficient (Wildman–Crippen LogP) is 3.92. The maximum absolute atomic E-state index is 12.3. The van der Waals surface area contributed by atoms with Gasteiger partial charge in [-0.15, -0.1) is 10.2 Å². The van der Waals surface area contributed by atoms with Gasteiger partial charge in [-0.2, -0.15) is 0 Å². The second-order valence-corrected chi connectivity index (χ2v) is 7.40. The molecule has 1 amide bonds. The zero-order valence-corrected chi connectivity index (χ0v) is 17.0. The third kappa shape index (κ3) is 5.13. The van der Waals surface area contributed by atoms with Gasteiger partial charge in [0.05, 0.1) is 11.8 Å². The second-order valence-electron chi connectivity index (χ2n) is 6.46. The van der Waals surface area contributed by atoms with Crippen LogP contribution in [0, 0.1) is 0 Å². The zero-order valence-electron chi connectivity index (χ0n) is 16.2. The molecule has 6 nitrogen and oxygen atoms in total. The van der Waals surface area contributed by atoms with Gasteiger partial charge in [0.25, 0.3) is 0 Å². The van der Waals surface area contributed by atoms with Crippen LogP contribution >= 0.6 is 11.8 Å². The smallest absolute Gasteiger partial charge is 0.230 e. The fraction of sp³-hybridized carbons (Fsp3) is 0.286. The Balaban J connectivity index is 1.54. The molecule has 2 aromatic carbocycles. The number of thioether (sulfide) groups is 1. The highest BCUT2D eigenvalue weighted by Crippen LogP contribution is 2.23. The molecule has 0 aliphatic carbocycles. The molecule has 1 N–H and O–H groups in total. The summed E-state index contributed by atoms with van der Waals surface area (Å²) < 4.78 is 7.78. The van der Waals surface area contributed by atoms with Crippen LogP contribution in [0.5, 0.6) is 5.75 Å². The van der Waals surface area contributed by atoms with E-state index in [0.717, 1.165) is 11.3 Å². The number of hydrogen-bond acceptors (Lipinski definition) is 5. The number of carbonyl (C=O) groups excluding carboxylic acids is 1. The van der Waals surface area contributed by atoms with Crippen LogP contribution in [-0.2, 0) is 11.8 Å². The van der Waals surface area contributed by atoms with E-state index in [0.29, 0.717) is 11.0 Å². The van der Waals surface area contributed by atoms with Crippen molar-refractivity contribution < 1.29 is 9.53 Å². The molecule has 0 saturated heterocycles. The number of rotatable bonds is 8. The molecule has 1 heterocycles. The van der Waals surface area contributed by atoms with E-state index in [1.165, 1.54) is 11.8 Å². The van der Waals surface area contributed by atoms with Crippen LogP contribution in [0.1, 0.15) is 37.4 Å². The Morgan fingerprint density at radius 3 is 2.39 bits per heavy atom. The van der Waals surface area contributed by atoms with Gasteiger partial charge in [-0.3, -0.25) is 4.79 Å². The number of nitrogens with zero attached hydrogens (tertiary/aromatic N) is 3. The second kappa shape index (κ2) is 9.41. The van der Waals surface area contributed by atoms with Crippen LogP contribution in [0.25, 0.3) is 0 Å². The molecule has 0 spiro atoms. The highest BCUT2D eigenvalue weighted by atomic mass is 32.2.